The second-order valence-corrected chi connectivity index (χ2v) is 13.4. The summed E-state index contributed by atoms with van der Waals surface area (Å²) in [5.41, 5.74) is 5.10. The first-order chi connectivity index (χ1) is 21.7. The maximum absolute atomic E-state index is 14.5. The minimum Gasteiger partial charge on any atom is -0.494 e. The minimum atomic E-state index is -4.02. The number of aryl methyl sites for hydroxylation is 1. The molecule has 5 aromatic carbocycles. The monoisotopic (exact) mass is 681 g/mol. The second kappa shape index (κ2) is 12.8. The number of sulfonamides is 1. The predicted molar refractivity (Wildman–Crippen MR) is 182 cm³/mol. The number of rotatable bonds is 9. The summed E-state index contributed by atoms with van der Waals surface area (Å²) in [6.45, 7) is 4.88. The van der Waals surface area contributed by atoms with Gasteiger partial charge in [-0.15, -0.1) is 0 Å². The third-order valence-corrected chi connectivity index (χ3v) is 9.58. The number of anilines is 3. The number of benzene rings is 5. The summed E-state index contributed by atoms with van der Waals surface area (Å²) in [5.74, 6) is 0.360. The van der Waals surface area contributed by atoms with Gasteiger partial charge in [0.05, 0.1) is 22.8 Å². The Morgan fingerprint density at radius 1 is 0.844 bits per heavy atom. The van der Waals surface area contributed by atoms with E-state index >= 15 is 0 Å². The highest BCUT2D eigenvalue weighted by Gasteiger charge is 2.40. The number of halogens is 1. The van der Waals surface area contributed by atoms with Gasteiger partial charge < -0.3 is 9.64 Å². The van der Waals surface area contributed by atoms with Crippen molar-refractivity contribution < 1.29 is 17.9 Å². The highest BCUT2D eigenvalue weighted by molar-refractivity contribution is 9.10. The number of carbonyl (C=O) groups excluding carboxylic acids is 1. The Morgan fingerprint density at radius 2 is 1.53 bits per heavy atom. The Morgan fingerprint density at radius 3 is 2.20 bits per heavy atom. The molecule has 1 atom stereocenters. The number of hydrogen-bond acceptors (Lipinski definition) is 5. The molecule has 0 aliphatic carbocycles. The molecule has 9 heteroatoms. The van der Waals surface area contributed by atoms with Crippen LogP contribution < -0.4 is 19.3 Å². The van der Waals surface area contributed by atoms with Crippen LogP contribution in [0, 0.1) is 6.92 Å². The average molecular weight is 683 g/mol. The van der Waals surface area contributed by atoms with Gasteiger partial charge in [0.2, 0.25) is 0 Å². The zero-order valence-electron chi connectivity index (χ0n) is 24.9. The molecule has 7 nitrogen and oxygen atoms in total. The predicted octanol–water partition coefficient (Wildman–Crippen LogP) is 8.32. The van der Waals surface area contributed by atoms with E-state index in [9.17, 15) is 13.2 Å². The molecule has 5 aromatic rings. The average Bonchev–Trinajstić information content (AvgIpc) is 3.04. The van der Waals surface area contributed by atoms with Crippen molar-refractivity contribution in [3.63, 3.8) is 0 Å². The lowest BCUT2D eigenvalue weighted by atomic mass is 9.99. The molecule has 45 heavy (non-hydrogen) atoms. The molecule has 0 saturated carbocycles. The molecule has 1 aliphatic rings. The first-order valence-electron chi connectivity index (χ1n) is 14.6. The third-order valence-electron chi connectivity index (χ3n) is 7.67. The standard InChI is InChI=1S/C36H32BrN3O4S/c1-3-44-31-19-15-29(16-20-31)38-45(42,43)32-21-22-34-33(23-32)36(41)40(30-17-9-25(2)10-18-30)35(27-11-13-28(37)14-12-27)39(34)24-26-7-5-4-6-8-26/h4-23,35,38H,3,24H2,1-2H3/t35-/m0/s1. The molecule has 0 unspecified atom stereocenters. The number of ether oxygens (including phenoxy) is 1. The summed E-state index contributed by atoms with van der Waals surface area (Å²) in [4.78, 5) is 18.5. The Hall–Kier alpha value is -4.60. The number of carbonyl (C=O) groups is 1. The Labute approximate surface area is 272 Å². The van der Waals surface area contributed by atoms with E-state index in [1.54, 1.807) is 41.3 Å². The molecular weight excluding hydrogens is 650 g/mol. The summed E-state index contributed by atoms with van der Waals surface area (Å²) in [7, 11) is -4.02. The van der Waals surface area contributed by atoms with Crippen molar-refractivity contribution in [2.75, 3.05) is 21.1 Å². The molecule has 228 valence electrons. The summed E-state index contributed by atoms with van der Waals surface area (Å²) >= 11 is 3.54. The van der Waals surface area contributed by atoms with Crippen LogP contribution in [0.4, 0.5) is 17.1 Å². The van der Waals surface area contributed by atoms with Gasteiger partial charge in [0.25, 0.3) is 15.9 Å². The quantitative estimate of drug-likeness (QED) is 0.169. The third kappa shape index (κ3) is 6.45. The van der Waals surface area contributed by atoms with Crippen molar-refractivity contribution in [3.8, 4) is 5.75 Å². The number of nitrogens with one attached hydrogen (secondary N) is 1. The van der Waals surface area contributed by atoms with Gasteiger partial charge in [-0.25, -0.2) is 8.42 Å². The molecule has 0 fully saturated rings. The Kier molecular flexibility index (Phi) is 8.65. The summed E-state index contributed by atoms with van der Waals surface area (Å²) in [6, 6.07) is 37.3. The maximum atomic E-state index is 14.5. The first-order valence-corrected chi connectivity index (χ1v) is 16.9. The van der Waals surface area contributed by atoms with E-state index in [1.807, 2.05) is 92.7 Å². The van der Waals surface area contributed by atoms with E-state index in [-0.39, 0.29) is 10.8 Å². The van der Waals surface area contributed by atoms with Crippen LogP contribution in [-0.2, 0) is 16.6 Å². The first kappa shape index (κ1) is 30.4. The summed E-state index contributed by atoms with van der Waals surface area (Å²) in [6.07, 6.45) is -0.495. The Balaban J connectivity index is 1.48. The molecule has 0 aromatic heterocycles. The van der Waals surface area contributed by atoms with Crippen LogP contribution in [0.5, 0.6) is 5.75 Å². The zero-order chi connectivity index (χ0) is 31.6. The lowest BCUT2D eigenvalue weighted by Crippen LogP contribution is -2.49. The minimum absolute atomic E-state index is 0.00547. The fourth-order valence-corrected chi connectivity index (χ4v) is 6.84. The number of hydrogen-bond donors (Lipinski definition) is 1. The lowest BCUT2D eigenvalue weighted by molar-refractivity contribution is 0.0968. The van der Waals surface area contributed by atoms with Crippen molar-refractivity contribution in [2.45, 2.75) is 31.5 Å². The van der Waals surface area contributed by atoms with Crippen LogP contribution in [0.25, 0.3) is 0 Å². The van der Waals surface area contributed by atoms with Gasteiger partial charge >= 0.3 is 0 Å². The van der Waals surface area contributed by atoms with Gasteiger partial charge in [-0.1, -0.05) is 76.1 Å². The molecule has 1 heterocycles. The fourth-order valence-electron chi connectivity index (χ4n) is 5.50. The molecule has 1 amide bonds. The smallest absolute Gasteiger partial charge is 0.262 e. The van der Waals surface area contributed by atoms with Crippen LogP contribution in [0.3, 0.4) is 0 Å². The van der Waals surface area contributed by atoms with Crippen LogP contribution in [0.15, 0.2) is 131 Å². The van der Waals surface area contributed by atoms with Gasteiger partial charge in [-0.3, -0.25) is 14.4 Å². The highest BCUT2D eigenvalue weighted by atomic mass is 79.9. The van der Waals surface area contributed by atoms with Crippen molar-refractivity contribution >= 4 is 48.9 Å². The van der Waals surface area contributed by atoms with Gasteiger partial charge in [-0.05, 0) is 91.7 Å². The van der Waals surface area contributed by atoms with E-state index in [1.165, 1.54) is 6.07 Å². The number of fused-ring (bicyclic) bond motifs is 1. The van der Waals surface area contributed by atoms with Crippen molar-refractivity contribution in [1.82, 2.24) is 0 Å². The largest absolute Gasteiger partial charge is 0.494 e. The van der Waals surface area contributed by atoms with Crippen molar-refractivity contribution in [3.05, 3.63) is 148 Å². The van der Waals surface area contributed by atoms with Crippen LogP contribution in [0.2, 0.25) is 0 Å². The van der Waals surface area contributed by atoms with Gasteiger partial charge in [0, 0.05) is 22.4 Å². The SMILES string of the molecule is CCOc1ccc(NS(=O)(=O)c2ccc3c(c2)C(=O)N(c2ccc(C)cc2)[C@@H](c2ccc(Br)cc2)N3Cc2ccccc2)cc1. The summed E-state index contributed by atoms with van der Waals surface area (Å²) in [5, 5.41) is 0. The number of amides is 1. The molecular formula is C36H32BrN3O4S. The van der Waals surface area contributed by atoms with Crippen LogP contribution in [-0.4, -0.2) is 20.9 Å². The van der Waals surface area contributed by atoms with Crippen molar-refractivity contribution in [2.24, 2.45) is 0 Å². The van der Waals surface area contributed by atoms with E-state index in [0.717, 1.165) is 21.2 Å². The van der Waals surface area contributed by atoms with Crippen LogP contribution >= 0.6 is 15.9 Å². The number of nitrogens with zero attached hydrogens (tertiary/aromatic N) is 2. The second-order valence-electron chi connectivity index (χ2n) is 10.8. The molecule has 6 rings (SSSR count). The van der Waals surface area contributed by atoms with Crippen molar-refractivity contribution in [1.29, 1.82) is 0 Å². The van der Waals surface area contributed by atoms with E-state index in [0.29, 0.717) is 41.5 Å². The molecule has 0 spiro atoms. The Bertz CT molecular complexity index is 1920. The van der Waals surface area contributed by atoms with Gasteiger partial charge in [-0.2, -0.15) is 0 Å². The molecule has 1 aliphatic heterocycles. The van der Waals surface area contributed by atoms with Crippen LogP contribution in [0.1, 0.15) is 40.1 Å². The van der Waals surface area contributed by atoms with Gasteiger partial charge in [0.15, 0.2) is 0 Å². The normalized spacial score (nSPS) is 14.6. The lowest BCUT2D eigenvalue weighted by Gasteiger charge is -2.46. The van der Waals surface area contributed by atoms with E-state index < -0.39 is 16.2 Å². The molecule has 0 bridgehead atoms. The zero-order valence-corrected chi connectivity index (χ0v) is 27.3. The van der Waals surface area contributed by atoms with E-state index in [4.69, 9.17) is 4.74 Å². The highest BCUT2D eigenvalue weighted by Crippen LogP contribution is 2.43. The fraction of sp³-hybridized carbons (Fsp3) is 0.139. The maximum Gasteiger partial charge on any atom is 0.262 e. The van der Waals surface area contributed by atoms with E-state index in [2.05, 4.69) is 25.6 Å². The molecule has 1 N–H and O–H groups in total. The summed E-state index contributed by atoms with van der Waals surface area (Å²) < 4.78 is 36.2. The molecule has 0 saturated heterocycles. The van der Waals surface area contributed by atoms with Gasteiger partial charge in [0.1, 0.15) is 11.9 Å². The molecule has 0 radical (unpaired) electrons. The topological polar surface area (TPSA) is 78.9 Å².